The highest BCUT2D eigenvalue weighted by atomic mass is 32.2. The molecule has 0 amide bonds. The Morgan fingerprint density at radius 2 is 1.76 bits per heavy atom. The van der Waals surface area contributed by atoms with Crippen LogP contribution in [0.4, 0.5) is 0 Å². The molecule has 4 aromatic rings. The van der Waals surface area contributed by atoms with Gasteiger partial charge in [-0.1, -0.05) is 31.5 Å². The lowest BCUT2D eigenvalue weighted by Crippen LogP contribution is -2.53. The van der Waals surface area contributed by atoms with E-state index in [9.17, 15) is 8.42 Å². The van der Waals surface area contributed by atoms with E-state index in [1.54, 1.807) is 36.5 Å². The molecule has 2 N–H and O–H groups in total. The first-order valence-corrected chi connectivity index (χ1v) is 11.1. The molecule has 29 heavy (non-hydrogen) atoms. The number of aromatic nitrogens is 4. The van der Waals surface area contributed by atoms with Crippen LogP contribution in [0.15, 0.2) is 53.6 Å². The van der Waals surface area contributed by atoms with Gasteiger partial charge in [0.15, 0.2) is 5.65 Å². The maximum Gasteiger partial charge on any atom is 0.268 e. The quantitative estimate of drug-likeness (QED) is 0.561. The second kappa shape index (κ2) is 5.90. The van der Waals surface area contributed by atoms with E-state index < -0.39 is 10.0 Å². The first kappa shape index (κ1) is 18.3. The fraction of sp³-hybridized carbons (Fsp3) is 0.333. The van der Waals surface area contributed by atoms with E-state index in [1.165, 1.54) is 3.97 Å². The minimum absolute atomic E-state index is 0.0817. The summed E-state index contributed by atoms with van der Waals surface area (Å²) < 4.78 is 29.8. The van der Waals surface area contributed by atoms with E-state index in [4.69, 9.17) is 5.73 Å². The van der Waals surface area contributed by atoms with E-state index in [2.05, 4.69) is 24.0 Å². The van der Waals surface area contributed by atoms with Gasteiger partial charge in [0.25, 0.3) is 10.0 Å². The number of hydrogen-bond donors (Lipinski definition) is 1. The molecule has 1 aliphatic rings. The highest BCUT2D eigenvalue weighted by Crippen LogP contribution is 2.51. The monoisotopic (exact) mass is 409 g/mol. The van der Waals surface area contributed by atoms with Crippen molar-refractivity contribution in [3.8, 4) is 0 Å². The van der Waals surface area contributed by atoms with Gasteiger partial charge in [-0.2, -0.15) is 0 Å². The molecule has 3 heterocycles. The van der Waals surface area contributed by atoms with Crippen molar-refractivity contribution in [1.82, 2.24) is 18.6 Å². The smallest absolute Gasteiger partial charge is 0.268 e. The van der Waals surface area contributed by atoms with Gasteiger partial charge in [0.05, 0.1) is 15.9 Å². The second-order valence-electron chi connectivity index (χ2n) is 8.50. The molecule has 5 rings (SSSR count). The molecule has 0 spiro atoms. The van der Waals surface area contributed by atoms with Gasteiger partial charge in [-0.15, -0.1) is 10.2 Å². The first-order chi connectivity index (χ1) is 13.7. The Morgan fingerprint density at radius 1 is 1.03 bits per heavy atom. The van der Waals surface area contributed by atoms with Crippen LogP contribution >= 0.6 is 0 Å². The van der Waals surface area contributed by atoms with Gasteiger partial charge in [0.2, 0.25) is 0 Å². The van der Waals surface area contributed by atoms with Crippen LogP contribution in [-0.4, -0.2) is 33.0 Å². The van der Waals surface area contributed by atoms with Crippen molar-refractivity contribution in [2.45, 2.75) is 44.0 Å². The fourth-order valence-electron chi connectivity index (χ4n) is 4.24. The van der Waals surface area contributed by atoms with Crippen LogP contribution in [0.5, 0.6) is 0 Å². The Bertz CT molecular complexity index is 1350. The Kier molecular flexibility index (Phi) is 3.73. The van der Waals surface area contributed by atoms with Crippen molar-refractivity contribution in [1.29, 1.82) is 0 Å². The van der Waals surface area contributed by atoms with Crippen LogP contribution in [0, 0.1) is 12.3 Å². The maximum absolute atomic E-state index is 13.2. The molecule has 0 saturated heterocycles. The molecule has 1 saturated carbocycles. The summed E-state index contributed by atoms with van der Waals surface area (Å²) in [6.45, 7) is 6.21. The summed E-state index contributed by atoms with van der Waals surface area (Å²) in [5, 5.41) is 8.75. The zero-order valence-corrected chi connectivity index (χ0v) is 17.4. The predicted octanol–water partition coefficient (Wildman–Crippen LogP) is 3.07. The average Bonchev–Trinajstić information content (AvgIpc) is 3.30. The number of nitrogens with zero attached hydrogens (tertiary/aromatic N) is 4. The number of fused-ring (bicyclic) bond motifs is 3. The summed E-state index contributed by atoms with van der Waals surface area (Å²) in [4.78, 5) is 0.260. The zero-order chi connectivity index (χ0) is 20.6. The summed E-state index contributed by atoms with van der Waals surface area (Å²) in [7, 11) is -3.70. The van der Waals surface area contributed by atoms with Crippen molar-refractivity contribution in [2.24, 2.45) is 11.1 Å². The van der Waals surface area contributed by atoms with Crippen molar-refractivity contribution in [2.75, 3.05) is 0 Å². The number of aryl methyl sites for hydroxylation is 1. The van der Waals surface area contributed by atoms with Crippen molar-refractivity contribution in [3.05, 3.63) is 60.0 Å². The van der Waals surface area contributed by atoms with Crippen LogP contribution in [0.3, 0.4) is 0 Å². The molecule has 3 aromatic heterocycles. The van der Waals surface area contributed by atoms with E-state index in [1.807, 2.05) is 23.5 Å². The molecule has 0 unspecified atom stereocenters. The second-order valence-corrected chi connectivity index (χ2v) is 10.3. The molecular formula is C21H23N5O2S. The Labute approximate surface area is 169 Å². The summed E-state index contributed by atoms with van der Waals surface area (Å²) >= 11 is 0. The maximum atomic E-state index is 13.2. The topological polar surface area (TPSA) is 95.3 Å². The average molecular weight is 410 g/mol. The fourth-order valence-corrected chi connectivity index (χ4v) is 5.58. The molecular weight excluding hydrogens is 386 g/mol. The minimum atomic E-state index is -3.70. The first-order valence-electron chi connectivity index (χ1n) is 9.64. The molecule has 1 fully saturated rings. The van der Waals surface area contributed by atoms with Crippen LogP contribution < -0.4 is 5.73 Å². The summed E-state index contributed by atoms with van der Waals surface area (Å²) in [6.07, 6.45) is 2.44. The third-order valence-corrected chi connectivity index (χ3v) is 8.15. The van der Waals surface area contributed by atoms with Gasteiger partial charge >= 0.3 is 0 Å². The standard InChI is InChI=1S/C21H23N5O2S/c1-13-4-6-14(7-5-13)29(27,28)25-11-10-17-16(25)8-9-19-23-24-20(26(17)19)15-12-18(22)21(15,2)3/h4-11,15,18H,12,22H2,1-3H3/t15-,18-/m1/s1. The number of benzene rings is 1. The summed E-state index contributed by atoms with van der Waals surface area (Å²) in [6, 6.07) is 12.4. The lowest BCUT2D eigenvalue weighted by atomic mass is 9.58. The normalized spacial score (nSPS) is 21.5. The largest absolute Gasteiger partial charge is 0.327 e. The Morgan fingerprint density at radius 3 is 2.41 bits per heavy atom. The molecule has 0 bridgehead atoms. The van der Waals surface area contributed by atoms with E-state index in [0.29, 0.717) is 11.2 Å². The van der Waals surface area contributed by atoms with Crippen molar-refractivity contribution >= 4 is 26.7 Å². The van der Waals surface area contributed by atoms with Gasteiger partial charge < -0.3 is 5.73 Å². The number of rotatable bonds is 3. The van der Waals surface area contributed by atoms with Gasteiger partial charge in [-0.3, -0.25) is 4.40 Å². The molecule has 2 atom stereocenters. The van der Waals surface area contributed by atoms with E-state index in [-0.39, 0.29) is 22.3 Å². The van der Waals surface area contributed by atoms with Crippen molar-refractivity contribution in [3.63, 3.8) is 0 Å². The van der Waals surface area contributed by atoms with Crippen LogP contribution in [-0.2, 0) is 10.0 Å². The SMILES string of the molecule is Cc1ccc(S(=O)(=O)n2ccc3c2ccc2nnc([C@H]4C[C@@H](N)C4(C)C)n23)cc1. The summed E-state index contributed by atoms with van der Waals surface area (Å²) in [5.41, 5.74) is 9.21. The molecule has 1 aromatic carbocycles. The molecule has 0 aliphatic heterocycles. The number of hydrogen-bond acceptors (Lipinski definition) is 5. The highest BCUT2D eigenvalue weighted by molar-refractivity contribution is 7.90. The molecule has 150 valence electrons. The van der Waals surface area contributed by atoms with Crippen LogP contribution in [0.25, 0.3) is 16.7 Å². The minimum Gasteiger partial charge on any atom is -0.327 e. The third kappa shape index (κ3) is 2.49. The van der Waals surface area contributed by atoms with Crippen molar-refractivity contribution < 1.29 is 8.42 Å². The van der Waals surface area contributed by atoms with Crippen LogP contribution in [0.1, 0.15) is 37.6 Å². The molecule has 1 aliphatic carbocycles. The lowest BCUT2D eigenvalue weighted by Gasteiger charge is -2.49. The number of nitrogens with two attached hydrogens (primary N) is 1. The van der Waals surface area contributed by atoms with Gasteiger partial charge in [-0.05, 0) is 49.1 Å². The van der Waals surface area contributed by atoms with Gasteiger partial charge in [0.1, 0.15) is 5.82 Å². The molecule has 0 radical (unpaired) electrons. The molecule has 8 heteroatoms. The Balaban J connectivity index is 1.70. The zero-order valence-electron chi connectivity index (χ0n) is 16.6. The lowest BCUT2D eigenvalue weighted by molar-refractivity contribution is 0.0916. The van der Waals surface area contributed by atoms with Crippen LogP contribution in [0.2, 0.25) is 0 Å². The summed E-state index contributed by atoms with van der Waals surface area (Å²) in [5.74, 6) is 1.01. The number of pyridine rings is 1. The third-order valence-electron chi connectivity index (χ3n) is 6.44. The Hall–Kier alpha value is -2.71. The van der Waals surface area contributed by atoms with Gasteiger partial charge in [-0.25, -0.2) is 12.4 Å². The van der Waals surface area contributed by atoms with E-state index >= 15 is 0 Å². The predicted molar refractivity (Wildman–Crippen MR) is 111 cm³/mol. The molecule has 7 nitrogen and oxygen atoms in total. The van der Waals surface area contributed by atoms with Gasteiger partial charge in [0, 0.05) is 18.2 Å². The highest BCUT2D eigenvalue weighted by Gasteiger charge is 2.49. The van der Waals surface area contributed by atoms with E-state index in [0.717, 1.165) is 23.3 Å².